The normalized spacial score (nSPS) is 9.27. The Morgan fingerprint density at radius 1 is 0.829 bits per heavy atom. The number of alkyl halides is 5. The quantitative estimate of drug-likeness (QED) is 0.0488. The van der Waals surface area contributed by atoms with E-state index in [1.54, 1.807) is 12.1 Å². The van der Waals surface area contributed by atoms with Crippen LogP contribution in [0.2, 0.25) is 0 Å². The van der Waals surface area contributed by atoms with Crippen molar-refractivity contribution in [3.05, 3.63) is 93.0 Å². The van der Waals surface area contributed by atoms with Gasteiger partial charge in [0.05, 0.1) is 21.0 Å². The maximum absolute atomic E-state index is 10.2. The third-order valence-electron chi connectivity index (χ3n) is 3.07. The van der Waals surface area contributed by atoms with Gasteiger partial charge >= 0.3 is 0 Å². The molecule has 0 amide bonds. The van der Waals surface area contributed by atoms with E-state index in [1.807, 2.05) is 0 Å². The van der Waals surface area contributed by atoms with Crippen LogP contribution in [0.3, 0.4) is 0 Å². The number of hydrogen-bond donors (Lipinski definition) is 4. The molecule has 3 aromatic carbocycles. The second-order valence-corrected chi connectivity index (χ2v) is 25.1. The molecule has 8 N–H and O–H groups in total. The van der Waals surface area contributed by atoms with E-state index in [2.05, 4.69) is 133 Å². The predicted molar refractivity (Wildman–Crippen MR) is 206 cm³/mol. The van der Waals surface area contributed by atoms with Gasteiger partial charge in [-0.25, -0.2) is 0 Å². The van der Waals surface area contributed by atoms with Crippen LogP contribution in [-0.4, -0.2) is 11.2 Å². The first-order chi connectivity index (χ1) is 17.8. The van der Waals surface area contributed by atoms with Crippen molar-refractivity contribution >= 4 is 147 Å². The molecular formula is C23H32I5N6O4W3-. The largest absolute Gasteiger partial charge is 0.444 e. The van der Waals surface area contributed by atoms with Crippen molar-refractivity contribution in [1.82, 2.24) is 0 Å². The van der Waals surface area contributed by atoms with Gasteiger partial charge in [-0.1, -0.05) is 151 Å². The summed E-state index contributed by atoms with van der Waals surface area (Å²) in [7, 11) is 0. The number of nitrogen functional groups attached to an aromatic ring is 4. The molecule has 0 saturated carbocycles. The van der Waals surface area contributed by atoms with Gasteiger partial charge in [-0.05, 0) is 37.7 Å². The number of nitrogens with zero attached hydrogens (tertiary/aromatic N) is 2. The summed E-state index contributed by atoms with van der Waals surface area (Å²) < 4.78 is 15.4. The molecule has 0 heterocycles. The predicted octanol–water partition coefficient (Wildman–Crippen LogP) is 9.05. The Bertz CT molecular complexity index is 1220. The fourth-order valence-electron chi connectivity index (χ4n) is 1.66. The van der Waals surface area contributed by atoms with Crippen LogP contribution in [0.5, 0.6) is 0 Å². The van der Waals surface area contributed by atoms with E-state index in [0.717, 1.165) is 1.93 Å². The molecule has 0 spiro atoms. The van der Waals surface area contributed by atoms with Crippen molar-refractivity contribution in [2.75, 3.05) is 22.9 Å². The monoisotopic (exact) mass is 1650 g/mol. The number of benzene rings is 3. The van der Waals surface area contributed by atoms with Gasteiger partial charge in [-0.15, -0.1) is 6.07 Å². The van der Waals surface area contributed by atoms with E-state index in [9.17, 15) is 20.2 Å². The molecular weight excluding hydrogens is 1610 g/mol. The minimum Gasteiger partial charge on any atom is -0.444 e. The topological polar surface area (TPSA) is 190 Å². The van der Waals surface area contributed by atoms with Crippen LogP contribution in [0.1, 0.15) is 25.4 Å². The molecule has 0 bridgehead atoms. The van der Waals surface area contributed by atoms with Gasteiger partial charge in [0, 0.05) is 75.6 Å². The molecule has 0 aliphatic heterocycles. The zero-order valence-electron chi connectivity index (χ0n) is 22.7. The van der Waals surface area contributed by atoms with Gasteiger partial charge in [-0.3, -0.25) is 20.2 Å². The van der Waals surface area contributed by atoms with Gasteiger partial charge < -0.3 is 22.9 Å². The number of halogens is 5. The van der Waals surface area contributed by atoms with E-state index >= 15 is 0 Å². The summed E-state index contributed by atoms with van der Waals surface area (Å²) in [4.78, 5) is 19.2. The molecule has 0 unspecified atom stereocenters. The molecule has 0 aliphatic rings. The first kappa shape index (κ1) is 49.3. The maximum atomic E-state index is 10.2. The summed E-state index contributed by atoms with van der Waals surface area (Å²) in [5, 5.41) is 20.3. The standard InChI is InChI=1S/C6H6N2O2.C6H5N2O2.C6H8N2.C2H3I3.C2H4I2.CH4.3W.H2/c2*7-5-3-1-2-4-6(5)8(9)10;7-5-3-1-2-4-6(5)8;1-2(3,4)5;1-2(3)4;;;;;/h1-4H,7H2;2-4H,7H2;1-4H,7-8H2;1H3;2H,1H3;1H4;;;;1H/q;-1;;;;;;;;/i1D;;1D;;;;;;;1+1. The van der Waals surface area contributed by atoms with Gasteiger partial charge in [-0.2, -0.15) is 12.1 Å². The van der Waals surface area contributed by atoms with E-state index in [4.69, 9.17) is 25.7 Å². The fraction of sp³-hybridized carbons (Fsp3) is 0.217. The smallest absolute Gasteiger partial charge is 0.292 e. The van der Waals surface area contributed by atoms with Crippen LogP contribution in [-0.2, 0) is 63.2 Å². The molecule has 41 heavy (non-hydrogen) atoms. The Morgan fingerprint density at radius 2 is 1.17 bits per heavy atom. The van der Waals surface area contributed by atoms with Gasteiger partial charge in [0.1, 0.15) is 5.12 Å². The van der Waals surface area contributed by atoms with Crippen molar-refractivity contribution in [1.29, 1.82) is 0 Å². The minimum atomic E-state index is -0.575. The average Bonchev–Trinajstić information content (AvgIpc) is 2.76. The summed E-state index contributed by atoms with van der Waals surface area (Å²) in [5.41, 5.74) is 22.2. The third kappa shape index (κ3) is 35.7. The van der Waals surface area contributed by atoms with Crippen molar-refractivity contribution < 1.29 is 77.2 Å². The molecule has 232 valence electrons. The maximum Gasteiger partial charge on any atom is 0.292 e. The second kappa shape index (κ2) is 31.4. The Morgan fingerprint density at radius 3 is 1.46 bits per heavy atom. The van der Waals surface area contributed by atoms with E-state index in [0.29, 0.717) is 16.9 Å². The van der Waals surface area contributed by atoms with Crippen molar-refractivity contribution in [2.45, 2.75) is 22.6 Å². The molecule has 0 radical (unpaired) electrons. The molecule has 0 fully saturated rings. The molecule has 18 heteroatoms. The molecule has 3 rings (SSSR count). The Hall–Kier alpha value is 1.37. The zero-order valence-corrected chi connectivity index (χ0v) is 40.3. The summed E-state index contributed by atoms with van der Waals surface area (Å²) in [6.07, 6.45) is 0. The van der Waals surface area contributed by atoms with Crippen LogP contribution in [0.25, 0.3) is 0 Å². The van der Waals surface area contributed by atoms with Crippen LogP contribution < -0.4 is 22.9 Å². The van der Waals surface area contributed by atoms with Gasteiger partial charge in [0.25, 0.3) is 5.69 Å². The van der Waals surface area contributed by atoms with E-state index in [-0.39, 0.29) is 101 Å². The van der Waals surface area contributed by atoms with Crippen molar-refractivity contribution in [3.63, 3.8) is 0 Å². The molecule has 0 aliphatic carbocycles. The van der Waals surface area contributed by atoms with Crippen LogP contribution in [0.15, 0.2) is 66.7 Å². The molecule has 0 aromatic heterocycles. The van der Waals surface area contributed by atoms with Crippen LogP contribution >= 0.6 is 113 Å². The number of anilines is 4. The third-order valence-corrected chi connectivity index (χ3v) is 3.07. The summed E-state index contributed by atoms with van der Waals surface area (Å²) >= 11 is 11.7. The Labute approximate surface area is 357 Å². The first-order valence-electron chi connectivity index (χ1n) is 10.6. The second-order valence-electron chi connectivity index (χ2n) is 6.34. The van der Waals surface area contributed by atoms with E-state index < -0.39 is 9.85 Å². The van der Waals surface area contributed by atoms with Crippen LogP contribution in [0.4, 0.5) is 34.1 Å². The number of nitrogens with two attached hydrogens (primary N) is 4. The number of nitro groups is 2. The minimum absolute atomic E-state index is 0. The van der Waals surface area contributed by atoms with Crippen molar-refractivity contribution in [3.8, 4) is 0 Å². The first-order valence-corrected chi connectivity index (χ1v) is 15.4. The molecule has 0 saturated heterocycles. The molecule has 3 aromatic rings. The summed E-state index contributed by atoms with van der Waals surface area (Å²) in [5.74, 6) is 0. The number of rotatable bonds is 2. The Kier molecular flexibility index (Phi) is 37.7. The SMILES string of the molecule is C.CC(I)(I)I.CC(I)I.Nc1c[c-]ccc1[N+](=O)[O-].[2HH].[2H]c1ccc(N)c(N)c1.[2H]c1ccc([N+](=O)[O-])c(N)c1.[W].[W].[W]. The van der Waals surface area contributed by atoms with Crippen molar-refractivity contribution in [2.24, 2.45) is 0 Å². The summed E-state index contributed by atoms with van der Waals surface area (Å²) in [6.45, 7) is 4.29. The summed E-state index contributed by atoms with van der Waals surface area (Å²) in [6, 6.07) is 15.9. The zero-order chi connectivity index (χ0) is 30.9. The van der Waals surface area contributed by atoms with Gasteiger partial charge in [0.2, 0.25) is 0 Å². The Balaban J connectivity index is -0.0000000786. The number of hydrogen-bond acceptors (Lipinski definition) is 8. The average molecular weight is 1650 g/mol. The molecule has 10 nitrogen and oxygen atoms in total. The van der Waals surface area contributed by atoms with Gasteiger partial charge in [0.15, 0.2) is 5.69 Å². The molecule has 0 atom stereocenters. The van der Waals surface area contributed by atoms with Crippen LogP contribution in [0, 0.1) is 26.3 Å². The number of nitro benzene ring substituents is 2. The van der Waals surface area contributed by atoms with E-state index in [1.165, 1.54) is 42.5 Å². The number of para-hydroxylation sites is 4. The fourth-order valence-corrected chi connectivity index (χ4v) is 1.66.